The summed E-state index contributed by atoms with van der Waals surface area (Å²) in [6.45, 7) is 7.85. The molecule has 0 aliphatic carbocycles. The van der Waals surface area contributed by atoms with E-state index in [2.05, 4.69) is 28.0 Å². The highest BCUT2D eigenvalue weighted by molar-refractivity contribution is 6.31. The number of phenolic OH excluding ortho intramolecular Hbond substituents is 1. The summed E-state index contributed by atoms with van der Waals surface area (Å²) < 4.78 is 13.2. The molecule has 5 heterocycles. The molecule has 2 aromatic heterocycles. The van der Waals surface area contributed by atoms with Crippen LogP contribution in [0.15, 0.2) is 85.1 Å². The highest BCUT2D eigenvalue weighted by atomic mass is 35.5. The fourth-order valence-corrected chi connectivity index (χ4v) is 8.51. The lowest BCUT2D eigenvalue weighted by molar-refractivity contribution is 0.0193. The maximum absolute atomic E-state index is 15.0. The Kier molecular flexibility index (Phi) is 10.8. The van der Waals surface area contributed by atoms with Crippen molar-refractivity contribution in [3.63, 3.8) is 0 Å². The van der Waals surface area contributed by atoms with Crippen LogP contribution in [-0.4, -0.2) is 102 Å². The van der Waals surface area contributed by atoms with Gasteiger partial charge in [-0.2, -0.15) is 0 Å². The second kappa shape index (κ2) is 16.1. The minimum Gasteiger partial charge on any atom is -0.508 e. The van der Waals surface area contributed by atoms with Gasteiger partial charge in [0, 0.05) is 92.7 Å². The molecular formula is C44H47ClN6O5. The summed E-state index contributed by atoms with van der Waals surface area (Å²) in [7, 11) is 3.66. The number of halogens is 1. The van der Waals surface area contributed by atoms with Crippen molar-refractivity contribution in [2.24, 2.45) is 0 Å². The average Bonchev–Trinajstić information content (AvgIpc) is 3.75. The van der Waals surface area contributed by atoms with Crippen molar-refractivity contribution < 1.29 is 24.2 Å². The number of likely N-dealkylation sites (N-methyl/N-ethyl adjacent to an activating group) is 1. The monoisotopic (exact) mass is 774 g/mol. The first-order valence-corrected chi connectivity index (χ1v) is 19.6. The van der Waals surface area contributed by atoms with Gasteiger partial charge < -0.3 is 28.9 Å². The second-order valence-electron chi connectivity index (χ2n) is 14.8. The van der Waals surface area contributed by atoms with Crippen molar-refractivity contribution in [3.8, 4) is 17.0 Å². The van der Waals surface area contributed by atoms with Crippen LogP contribution < -0.4 is 9.80 Å². The minimum absolute atomic E-state index is 0.0437. The quantitative estimate of drug-likeness (QED) is 0.167. The maximum atomic E-state index is 15.0. The topological polar surface area (TPSA) is 104 Å². The molecule has 8 rings (SSSR count). The van der Waals surface area contributed by atoms with Gasteiger partial charge in [-0.3, -0.25) is 19.4 Å². The number of phenols is 1. The SMILES string of the molecule is COCCn1c(-c2cc(Cl)ccc2C(=O)N2Cc3ccccc3C[C@H]2CN2CCOCC2)cc(C(=O)N(c2ccc(O)cc2)c2cnc3c(c2)CCN3C)c1C. The first-order valence-electron chi connectivity index (χ1n) is 19.2. The number of nitrogens with zero attached hydrogens (tertiary/aromatic N) is 6. The number of carbonyl (C=O) groups excluding carboxylic acids is 2. The van der Waals surface area contributed by atoms with Crippen LogP contribution in [0.5, 0.6) is 5.75 Å². The van der Waals surface area contributed by atoms with E-state index in [-0.39, 0.29) is 23.6 Å². The van der Waals surface area contributed by atoms with Crippen LogP contribution in [0.4, 0.5) is 17.2 Å². The molecule has 1 saturated heterocycles. The van der Waals surface area contributed by atoms with Crippen LogP contribution in [-0.2, 0) is 35.4 Å². The van der Waals surface area contributed by atoms with E-state index in [9.17, 15) is 5.11 Å². The molecule has 0 saturated carbocycles. The zero-order valence-corrected chi connectivity index (χ0v) is 32.8. The number of fused-ring (bicyclic) bond motifs is 2. The number of ether oxygens (including phenoxy) is 2. The molecular weight excluding hydrogens is 728 g/mol. The molecule has 5 aromatic rings. The number of methoxy groups -OCH3 is 1. The Bertz CT molecular complexity index is 2250. The lowest BCUT2D eigenvalue weighted by Gasteiger charge is -2.40. The number of carbonyl (C=O) groups is 2. The molecule has 0 unspecified atom stereocenters. The van der Waals surface area contributed by atoms with Crippen LogP contribution in [0.25, 0.3) is 11.3 Å². The molecule has 0 spiro atoms. The van der Waals surface area contributed by atoms with Crippen LogP contribution in [0.3, 0.4) is 0 Å². The number of hydrogen-bond donors (Lipinski definition) is 1. The van der Waals surface area contributed by atoms with Gasteiger partial charge in [0.15, 0.2) is 0 Å². The number of pyridine rings is 1. The van der Waals surface area contributed by atoms with Crippen LogP contribution in [0.1, 0.15) is 43.1 Å². The smallest absolute Gasteiger partial charge is 0.264 e. The number of aromatic nitrogens is 2. The Morgan fingerprint density at radius 2 is 1.71 bits per heavy atom. The van der Waals surface area contributed by atoms with Gasteiger partial charge in [0.25, 0.3) is 11.8 Å². The third-order valence-electron chi connectivity index (χ3n) is 11.4. The maximum Gasteiger partial charge on any atom is 0.264 e. The van der Waals surface area contributed by atoms with Crippen molar-refractivity contribution in [3.05, 3.63) is 124 Å². The molecule has 2 amide bonds. The lowest BCUT2D eigenvalue weighted by atomic mass is 9.92. The van der Waals surface area contributed by atoms with Gasteiger partial charge in [0.05, 0.1) is 37.3 Å². The molecule has 1 N–H and O–H groups in total. The molecule has 3 aliphatic rings. The van der Waals surface area contributed by atoms with E-state index >= 15 is 9.59 Å². The van der Waals surface area contributed by atoms with E-state index in [1.54, 1.807) is 48.5 Å². The summed E-state index contributed by atoms with van der Waals surface area (Å²) in [6, 6.07) is 24.2. The molecule has 3 aliphatic heterocycles. The largest absolute Gasteiger partial charge is 0.508 e. The van der Waals surface area contributed by atoms with E-state index in [1.165, 1.54) is 5.56 Å². The van der Waals surface area contributed by atoms with Gasteiger partial charge in [0.2, 0.25) is 0 Å². The van der Waals surface area contributed by atoms with Gasteiger partial charge in [-0.25, -0.2) is 4.98 Å². The van der Waals surface area contributed by atoms with Crippen LogP contribution >= 0.6 is 11.6 Å². The third-order valence-corrected chi connectivity index (χ3v) is 11.6. The second-order valence-corrected chi connectivity index (χ2v) is 15.3. The van der Waals surface area contributed by atoms with Crippen molar-refractivity contribution >= 4 is 40.6 Å². The predicted octanol–water partition coefficient (Wildman–Crippen LogP) is 6.73. The molecule has 0 bridgehead atoms. The molecule has 1 fully saturated rings. The Morgan fingerprint density at radius 3 is 2.48 bits per heavy atom. The van der Waals surface area contributed by atoms with Gasteiger partial charge >= 0.3 is 0 Å². The highest BCUT2D eigenvalue weighted by Gasteiger charge is 2.34. The Labute approximate surface area is 332 Å². The normalized spacial score (nSPS) is 16.8. The molecule has 12 heteroatoms. The molecule has 0 radical (unpaired) electrons. The molecule has 1 atom stereocenters. The molecule has 56 heavy (non-hydrogen) atoms. The van der Waals surface area contributed by atoms with E-state index < -0.39 is 0 Å². The summed E-state index contributed by atoms with van der Waals surface area (Å²) in [6.07, 6.45) is 3.30. The number of benzene rings is 3. The fourth-order valence-electron chi connectivity index (χ4n) is 8.34. The third kappa shape index (κ3) is 7.39. The molecule has 290 valence electrons. The summed E-state index contributed by atoms with van der Waals surface area (Å²) in [4.78, 5) is 43.0. The highest BCUT2D eigenvalue weighted by Crippen LogP contribution is 2.38. The van der Waals surface area contributed by atoms with E-state index in [1.807, 2.05) is 53.8 Å². The zero-order chi connectivity index (χ0) is 38.9. The number of hydrogen-bond acceptors (Lipinski definition) is 8. The Morgan fingerprint density at radius 1 is 0.946 bits per heavy atom. The van der Waals surface area contributed by atoms with Crippen LogP contribution in [0, 0.1) is 6.92 Å². The van der Waals surface area contributed by atoms with Crippen molar-refractivity contribution in [1.82, 2.24) is 19.4 Å². The zero-order valence-electron chi connectivity index (χ0n) is 32.1. The first-order chi connectivity index (χ1) is 27.2. The molecule has 11 nitrogen and oxygen atoms in total. The van der Waals surface area contributed by atoms with Crippen molar-refractivity contribution in [2.45, 2.75) is 38.9 Å². The van der Waals surface area contributed by atoms with Crippen molar-refractivity contribution in [2.75, 3.05) is 70.0 Å². The van der Waals surface area contributed by atoms with Gasteiger partial charge in [-0.1, -0.05) is 35.9 Å². The number of aromatic hydroxyl groups is 1. The van der Waals surface area contributed by atoms with E-state index in [4.69, 9.17) is 26.1 Å². The number of anilines is 3. The summed E-state index contributed by atoms with van der Waals surface area (Å²) in [5.41, 5.74) is 7.69. The van der Waals surface area contributed by atoms with E-state index in [0.717, 1.165) is 61.7 Å². The molecule has 3 aromatic carbocycles. The van der Waals surface area contributed by atoms with Gasteiger partial charge in [-0.05, 0) is 91.1 Å². The Balaban J connectivity index is 1.21. The lowest BCUT2D eigenvalue weighted by Crippen LogP contribution is -2.52. The average molecular weight is 775 g/mol. The fraction of sp³-hybridized carbons (Fsp3) is 0.341. The predicted molar refractivity (Wildman–Crippen MR) is 218 cm³/mol. The van der Waals surface area contributed by atoms with Crippen LogP contribution in [0.2, 0.25) is 5.02 Å². The summed E-state index contributed by atoms with van der Waals surface area (Å²) in [5.74, 6) is 0.640. The van der Waals surface area contributed by atoms with Crippen molar-refractivity contribution in [1.29, 1.82) is 0 Å². The number of amides is 2. The van der Waals surface area contributed by atoms with Gasteiger partial charge in [-0.15, -0.1) is 0 Å². The standard InChI is InChI=1S/C44H47ClN6O5/c1-29-39(44(54)51(34-9-11-37(52)12-10-34)35-23-31-14-15-47(2)42(31)46-26-35)25-41(49(29)18-19-55-3)40-24-33(45)8-13-38(40)43(53)50-27-32-7-5-4-6-30(32)22-36(50)28-48-16-20-56-21-17-48/h4-13,23-26,36,52H,14-22,27-28H2,1-3H3/t36-/m0/s1. The Hall–Kier alpha value is -5.20. The van der Waals surface area contributed by atoms with E-state index in [0.29, 0.717) is 71.7 Å². The minimum atomic E-state index is -0.271. The summed E-state index contributed by atoms with van der Waals surface area (Å²) in [5, 5.41) is 10.6. The summed E-state index contributed by atoms with van der Waals surface area (Å²) >= 11 is 6.74. The van der Waals surface area contributed by atoms with Gasteiger partial charge in [0.1, 0.15) is 11.6 Å². The first kappa shape index (κ1) is 37.7. The number of rotatable bonds is 10. The number of morpholine rings is 1.